The van der Waals surface area contributed by atoms with Gasteiger partial charge in [0.1, 0.15) is 24.1 Å². The standard InChI is InChI=1S/C33H34FN7O3S/c1-45(36,42)24-7-8-26-27(14-24)40(16-23-10-12-43-23)31(37-26)18-41-28-9-11-33(28)20-39(17-29(33)41)30-3-2-4-32(38-30)44-19-22-6-5-21(15-35)13-25(22)34/h2-8,13-14,23,28-29,36H,9-12,16-20H2,1H3/t23-,28?,29?,33?,45?/m0/s1. The van der Waals surface area contributed by atoms with Crippen LogP contribution in [0, 0.1) is 27.3 Å². The minimum Gasteiger partial charge on any atom is -0.473 e. The molecule has 1 saturated carbocycles. The van der Waals surface area contributed by atoms with Crippen LogP contribution in [0.15, 0.2) is 59.5 Å². The van der Waals surface area contributed by atoms with E-state index in [-0.39, 0.29) is 23.7 Å². The Bertz CT molecular complexity index is 1970. The average Bonchev–Trinajstić information content (AvgIpc) is 3.55. The van der Waals surface area contributed by atoms with E-state index in [0.29, 0.717) is 35.0 Å². The van der Waals surface area contributed by atoms with Crippen molar-refractivity contribution in [2.45, 2.75) is 62.0 Å². The molecule has 2 aromatic heterocycles. The lowest BCUT2D eigenvalue weighted by Crippen LogP contribution is -2.76. The first-order chi connectivity index (χ1) is 21.7. The van der Waals surface area contributed by atoms with Crippen molar-refractivity contribution >= 4 is 26.6 Å². The Morgan fingerprint density at radius 1 is 1.18 bits per heavy atom. The number of ether oxygens (including phenoxy) is 2. The smallest absolute Gasteiger partial charge is 0.215 e. The van der Waals surface area contributed by atoms with Crippen molar-refractivity contribution in [1.82, 2.24) is 19.4 Å². The summed E-state index contributed by atoms with van der Waals surface area (Å²) in [7, 11) is -2.85. The van der Waals surface area contributed by atoms with Crippen LogP contribution < -0.4 is 9.64 Å². The number of imidazole rings is 1. The molecule has 1 spiro atoms. The van der Waals surface area contributed by atoms with Gasteiger partial charge < -0.3 is 18.9 Å². The van der Waals surface area contributed by atoms with Gasteiger partial charge in [-0.15, -0.1) is 0 Å². The fraction of sp³-hybridized carbons (Fsp3) is 0.424. The molecule has 8 rings (SSSR count). The number of rotatable bonds is 9. The Balaban J connectivity index is 1.01. The quantitative estimate of drug-likeness (QED) is 0.284. The number of nitrogens with one attached hydrogen (secondary N) is 1. The zero-order valence-electron chi connectivity index (χ0n) is 25.0. The molecule has 5 heterocycles. The number of benzene rings is 2. The molecule has 232 valence electrons. The van der Waals surface area contributed by atoms with Crippen LogP contribution in [0.5, 0.6) is 5.88 Å². The molecular weight excluding hydrogens is 593 g/mol. The van der Waals surface area contributed by atoms with Crippen LogP contribution >= 0.6 is 0 Å². The van der Waals surface area contributed by atoms with Crippen molar-refractivity contribution in [1.29, 1.82) is 10.0 Å². The largest absolute Gasteiger partial charge is 0.473 e. The van der Waals surface area contributed by atoms with Gasteiger partial charge >= 0.3 is 0 Å². The van der Waals surface area contributed by atoms with Gasteiger partial charge in [0.2, 0.25) is 5.88 Å². The minimum atomic E-state index is -2.85. The number of anilines is 1. The molecule has 10 nitrogen and oxygen atoms in total. The number of piperidine rings is 1. The summed E-state index contributed by atoms with van der Waals surface area (Å²) in [5.74, 6) is 1.80. The Hall–Kier alpha value is -4.05. The van der Waals surface area contributed by atoms with Gasteiger partial charge in [0.15, 0.2) is 0 Å². The van der Waals surface area contributed by atoms with Crippen molar-refractivity contribution in [3.05, 3.63) is 77.4 Å². The number of likely N-dealkylation sites (tertiary alicyclic amines) is 1. The maximum atomic E-state index is 14.4. The molecule has 5 atom stereocenters. The van der Waals surface area contributed by atoms with Crippen LogP contribution in [0.1, 0.15) is 36.2 Å². The number of aromatic nitrogens is 3. The molecular formula is C33H34FN7O3S. The van der Waals surface area contributed by atoms with Gasteiger partial charge in [-0.1, -0.05) is 12.1 Å². The highest BCUT2D eigenvalue weighted by atomic mass is 32.2. The molecule has 4 aliphatic rings. The number of pyridine rings is 1. The van der Waals surface area contributed by atoms with Crippen LogP contribution in [0.4, 0.5) is 10.2 Å². The van der Waals surface area contributed by atoms with Gasteiger partial charge in [0.05, 0.1) is 51.6 Å². The summed E-state index contributed by atoms with van der Waals surface area (Å²) in [5, 5.41) is 9.00. The maximum absolute atomic E-state index is 14.4. The van der Waals surface area contributed by atoms with E-state index in [1.807, 2.05) is 30.3 Å². The van der Waals surface area contributed by atoms with Gasteiger partial charge in [-0.25, -0.2) is 18.4 Å². The van der Waals surface area contributed by atoms with Crippen LogP contribution in [0.3, 0.4) is 0 Å². The van der Waals surface area contributed by atoms with Crippen molar-refractivity contribution in [3.8, 4) is 11.9 Å². The number of hydrogen-bond acceptors (Lipinski definition) is 9. The van der Waals surface area contributed by atoms with Crippen LogP contribution in [-0.4, -0.2) is 67.8 Å². The summed E-state index contributed by atoms with van der Waals surface area (Å²) in [5.41, 5.74) is 2.66. The van der Waals surface area contributed by atoms with Gasteiger partial charge in [-0.3, -0.25) is 4.90 Å². The van der Waals surface area contributed by atoms with Gasteiger partial charge in [0.25, 0.3) is 0 Å². The van der Waals surface area contributed by atoms with E-state index in [2.05, 4.69) is 14.4 Å². The third-order valence-electron chi connectivity index (χ3n) is 10.2. The van der Waals surface area contributed by atoms with Gasteiger partial charge in [-0.05, 0) is 55.7 Å². The summed E-state index contributed by atoms with van der Waals surface area (Å²) in [6, 6.07) is 18.4. The predicted octanol–water partition coefficient (Wildman–Crippen LogP) is 4.70. The van der Waals surface area contributed by atoms with E-state index in [9.17, 15) is 8.60 Å². The summed E-state index contributed by atoms with van der Waals surface area (Å²) < 4.78 is 48.9. The summed E-state index contributed by atoms with van der Waals surface area (Å²) in [6.45, 7) is 4.00. The molecule has 0 amide bonds. The van der Waals surface area contributed by atoms with Crippen molar-refractivity contribution in [2.75, 3.05) is 30.9 Å². The van der Waals surface area contributed by atoms with E-state index >= 15 is 0 Å². The van der Waals surface area contributed by atoms with E-state index in [4.69, 9.17) is 29.5 Å². The second-order valence-electron chi connectivity index (χ2n) is 12.8. The Labute approximate surface area is 261 Å². The molecule has 45 heavy (non-hydrogen) atoms. The van der Waals surface area contributed by atoms with Crippen LogP contribution in [0.25, 0.3) is 11.0 Å². The second kappa shape index (κ2) is 10.5. The first-order valence-corrected chi connectivity index (χ1v) is 17.3. The molecule has 4 fully saturated rings. The van der Waals surface area contributed by atoms with Crippen LogP contribution in [0.2, 0.25) is 0 Å². The normalized spacial score (nSPS) is 26.6. The highest BCUT2D eigenvalue weighted by molar-refractivity contribution is 7.91. The average molecular weight is 628 g/mol. The second-order valence-corrected chi connectivity index (χ2v) is 15.0. The molecule has 4 aromatic rings. The summed E-state index contributed by atoms with van der Waals surface area (Å²) >= 11 is 0. The molecule has 1 N–H and O–H groups in total. The molecule has 0 bridgehead atoms. The van der Waals surface area contributed by atoms with Crippen molar-refractivity contribution < 1.29 is 18.1 Å². The van der Waals surface area contributed by atoms with E-state index < -0.39 is 15.5 Å². The number of nitrogens with zero attached hydrogens (tertiary/aromatic N) is 6. The van der Waals surface area contributed by atoms with E-state index in [1.54, 1.807) is 24.3 Å². The zero-order chi connectivity index (χ0) is 30.9. The van der Waals surface area contributed by atoms with Crippen LogP contribution in [-0.2, 0) is 34.2 Å². The zero-order valence-corrected chi connectivity index (χ0v) is 25.8. The molecule has 0 radical (unpaired) electrons. The third kappa shape index (κ3) is 4.76. The summed E-state index contributed by atoms with van der Waals surface area (Å²) in [4.78, 5) is 15.3. The number of nitriles is 1. The third-order valence-corrected chi connectivity index (χ3v) is 11.4. The lowest BCUT2D eigenvalue weighted by molar-refractivity contribution is -0.182. The lowest BCUT2D eigenvalue weighted by atomic mass is 9.53. The number of halogens is 1. The molecule has 1 aliphatic carbocycles. The maximum Gasteiger partial charge on any atom is 0.215 e. The topological polar surface area (TPSA) is 120 Å². The first kappa shape index (κ1) is 28.4. The summed E-state index contributed by atoms with van der Waals surface area (Å²) in [6.07, 6.45) is 4.95. The minimum absolute atomic E-state index is 0.0297. The lowest BCUT2D eigenvalue weighted by Gasteiger charge is -2.67. The molecule has 4 unspecified atom stereocenters. The van der Waals surface area contributed by atoms with Crippen molar-refractivity contribution in [2.24, 2.45) is 5.41 Å². The number of hydrogen-bond donors (Lipinski definition) is 1. The fourth-order valence-electron chi connectivity index (χ4n) is 7.65. The van der Waals surface area contributed by atoms with E-state index in [0.717, 1.165) is 61.8 Å². The highest BCUT2D eigenvalue weighted by Crippen LogP contribution is 2.61. The number of fused-ring (bicyclic) bond motifs is 1. The van der Waals surface area contributed by atoms with Crippen molar-refractivity contribution in [3.63, 3.8) is 0 Å². The first-order valence-electron chi connectivity index (χ1n) is 15.4. The monoisotopic (exact) mass is 627 g/mol. The van der Waals surface area contributed by atoms with Gasteiger partial charge in [0, 0.05) is 60.0 Å². The Morgan fingerprint density at radius 2 is 2.04 bits per heavy atom. The fourth-order valence-corrected chi connectivity index (χ4v) is 8.32. The SMILES string of the molecule is CS(=N)(=O)c1ccc2nc(CN3C4CCC45CN(c4cccc(OCc6ccc(C#N)cc6F)n4)CC35)n(C[C@@H]3CCO3)c2c1. The Kier molecular flexibility index (Phi) is 6.64. The molecule has 2 aromatic carbocycles. The van der Waals surface area contributed by atoms with E-state index in [1.165, 1.54) is 18.7 Å². The Morgan fingerprint density at radius 3 is 2.76 bits per heavy atom. The molecule has 3 aliphatic heterocycles. The molecule has 3 saturated heterocycles. The van der Waals surface area contributed by atoms with Gasteiger partial charge in [-0.2, -0.15) is 10.2 Å². The predicted molar refractivity (Wildman–Crippen MR) is 166 cm³/mol. The molecule has 12 heteroatoms. The highest BCUT2D eigenvalue weighted by Gasteiger charge is 2.69.